The Morgan fingerprint density at radius 1 is 1.00 bits per heavy atom. The van der Waals surface area contributed by atoms with E-state index in [1.54, 1.807) is 0 Å². The molecule has 2 aromatic rings. The van der Waals surface area contributed by atoms with Crippen molar-refractivity contribution in [2.45, 2.75) is 31.0 Å². The summed E-state index contributed by atoms with van der Waals surface area (Å²) in [5, 5.41) is 0. The normalized spacial score (nSPS) is 27.1. The topological polar surface area (TPSA) is 29.5 Å². The van der Waals surface area contributed by atoms with Gasteiger partial charge in [0, 0.05) is 16.8 Å². The van der Waals surface area contributed by atoms with Gasteiger partial charge in [0.2, 0.25) is 5.91 Å². The zero-order chi connectivity index (χ0) is 15.8. The van der Waals surface area contributed by atoms with E-state index >= 15 is 0 Å². The number of halogens is 1. The Labute approximate surface area is 144 Å². The lowest BCUT2D eigenvalue weighted by Crippen LogP contribution is -2.45. The van der Waals surface area contributed by atoms with Crippen molar-refractivity contribution in [2.75, 3.05) is 6.61 Å². The van der Waals surface area contributed by atoms with Crippen molar-refractivity contribution >= 4 is 21.8 Å². The summed E-state index contributed by atoms with van der Waals surface area (Å²) >= 11 is 3.48. The van der Waals surface area contributed by atoms with Crippen LogP contribution in [0, 0.1) is 0 Å². The molecule has 3 atom stereocenters. The molecule has 4 heteroatoms. The molecule has 118 valence electrons. The minimum absolute atomic E-state index is 0.0342. The van der Waals surface area contributed by atoms with Gasteiger partial charge in [0.05, 0.1) is 12.6 Å². The molecule has 3 nitrogen and oxygen atoms in total. The predicted molar refractivity (Wildman–Crippen MR) is 91.9 cm³/mol. The maximum atomic E-state index is 12.5. The quantitative estimate of drug-likeness (QED) is 0.789. The van der Waals surface area contributed by atoms with E-state index < -0.39 is 0 Å². The molecule has 23 heavy (non-hydrogen) atoms. The molecule has 4 rings (SSSR count). The third-order valence-corrected chi connectivity index (χ3v) is 5.35. The van der Waals surface area contributed by atoms with E-state index in [-0.39, 0.29) is 24.1 Å². The van der Waals surface area contributed by atoms with Crippen LogP contribution >= 0.6 is 15.9 Å². The number of amides is 1. The van der Waals surface area contributed by atoms with Crippen molar-refractivity contribution in [3.05, 3.63) is 70.2 Å². The second-order valence-corrected chi connectivity index (χ2v) is 7.06. The first-order valence-corrected chi connectivity index (χ1v) is 8.76. The predicted octanol–water partition coefficient (Wildman–Crippen LogP) is 4.25. The molecular formula is C19H18BrNO2. The number of fused-ring (bicyclic) bond motifs is 1. The molecule has 0 unspecified atom stereocenters. The van der Waals surface area contributed by atoms with Gasteiger partial charge in [-0.1, -0.05) is 58.4 Å². The van der Waals surface area contributed by atoms with Crippen LogP contribution in [-0.4, -0.2) is 23.6 Å². The molecule has 2 aliphatic rings. The molecule has 0 saturated carbocycles. The summed E-state index contributed by atoms with van der Waals surface area (Å²) in [5.74, 6) is 0.448. The largest absolute Gasteiger partial charge is 0.355 e. The Morgan fingerprint density at radius 2 is 1.74 bits per heavy atom. The SMILES string of the molecule is O=C1CC[C@@H](c2ccc(Br)cc2)[C@@H]2OC[C@H](c3ccccc3)N12. The zero-order valence-electron chi connectivity index (χ0n) is 12.7. The Hall–Kier alpha value is -1.65. The maximum absolute atomic E-state index is 12.5. The molecule has 0 spiro atoms. The number of hydrogen-bond donors (Lipinski definition) is 0. The third kappa shape index (κ3) is 2.70. The lowest BCUT2D eigenvalue weighted by molar-refractivity contribution is -0.144. The van der Waals surface area contributed by atoms with E-state index in [0.29, 0.717) is 13.0 Å². The van der Waals surface area contributed by atoms with E-state index in [1.807, 2.05) is 23.1 Å². The Bertz CT molecular complexity index is 701. The summed E-state index contributed by atoms with van der Waals surface area (Å²) in [6.07, 6.45) is 1.29. The number of benzene rings is 2. The maximum Gasteiger partial charge on any atom is 0.225 e. The fraction of sp³-hybridized carbons (Fsp3) is 0.316. The van der Waals surface area contributed by atoms with Crippen molar-refractivity contribution in [1.82, 2.24) is 4.90 Å². The highest BCUT2D eigenvalue weighted by atomic mass is 79.9. The Balaban J connectivity index is 1.65. The van der Waals surface area contributed by atoms with Crippen LogP contribution in [0.25, 0.3) is 0 Å². The average molecular weight is 372 g/mol. The van der Waals surface area contributed by atoms with E-state index in [4.69, 9.17) is 4.74 Å². The molecule has 2 fully saturated rings. The lowest BCUT2D eigenvalue weighted by atomic mass is 9.88. The van der Waals surface area contributed by atoms with Crippen LogP contribution in [0.15, 0.2) is 59.1 Å². The standard InChI is InChI=1S/C19H18BrNO2/c20-15-8-6-13(7-9-15)16-10-11-18(22)21-17(12-23-19(16)21)14-4-2-1-3-5-14/h1-9,16-17,19H,10-12H2/t16-,17+,19-/m0/s1. The first-order chi connectivity index (χ1) is 11.2. The van der Waals surface area contributed by atoms with Crippen LogP contribution in [0.1, 0.15) is 35.9 Å². The van der Waals surface area contributed by atoms with Gasteiger partial charge in [0.1, 0.15) is 6.23 Å². The van der Waals surface area contributed by atoms with Crippen molar-refractivity contribution in [1.29, 1.82) is 0 Å². The van der Waals surface area contributed by atoms with Crippen molar-refractivity contribution in [3.8, 4) is 0 Å². The molecule has 2 aliphatic heterocycles. The number of hydrogen-bond acceptors (Lipinski definition) is 2. The first kappa shape index (κ1) is 14.9. The van der Waals surface area contributed by atoms with Crippen LogP contribution in [0.3, 0.4) is 0 Å². The average Bonchev–Trinajstić information content (AvgIpc) is 3.03. The second-order valence-electron chi connectivity index (χ2n) is 6.15. The summed E-state index contributed by atoms with van der Waals surface area (Å²) in [7, 11) is 0. The van der Waals surface area contributed by atoms with E-state index in [9.17, 15) is 4.79 Å². The van der Waals surface area contributed by atoms with Crippen molar-refractivity contribution in [3.63, 3.8) is 0 Å². The lowest BCUT2D eigenvalue weighted by Gasteiger charge is -2.38. The van der Waals surface area contributed by atoms with E-state index in [0.717, 1.165) is 16.5 Å². The molecule has 0 aromatic heterocycles. The number of nitrogens with zero attached hydrogens (tertiary/aromatic N) is 1. The van der Waals surface area contributed by atoms with Gasteiger partial charge in [-0.3, -0.25) is 4.79 Å². The number of piperidine rings is 1. The smallest absolute Gasteiger partial charge is 0.225 e. The molecular weight excluding hydrogens is 354 g/mol. The minimum Gasteiger partial charge on any atom is -0.355 e. The van der Waals surface area contributed by atoms with Crippen LogP contribution < -0.4 is 0 Å². The number of carbonyl (C=O) groups excluding carboxylic acids is 1. The van der Waals surface area contributed by atoms with Crippen LogP contribution in [-0.2, 0) is 9.53 Å². The molecule has 0 aliphatic carbocycles. The summed E-state index contributed by atoms with van der Waals surface area (Å²) in [6, 6.07) is 18.6. The zero-order valence-corrected chi connectivity index (χ0v) is 14.3. The van der Waals surface area contributed by atoms with Crippen molar-refractivity contribution < 1.29 is 9.53 Å². The fourth-order valence-electron chi connectivity index (χ4n) is 3.68. The van der Waals surface area contributed by atoms with Gasteiger partial charge in [-0.25, -0.2) is 0 Å². The van der Waals surface area contributed by atoms with Gasteiger partial charge in [0.25, 0.3) is 0 Å². The Morgan fingerprint density at radius 3 is 2.48 bits per heavy atom. The van der Waals surface area contributed by atoms with Gasteiger partial charge in [-0.2, -0.15) is 0 Å². The summed E-state index contributed by atoms with van der Waals surface area (Å²) in [4.78, 5) is 14.5. The van der Waals surface area contributed by atoms with Crippen LogP contribution in [0.2, 0.25) is 0 Å². The van der Waals surface area contributed by atoms with Gasteiger partial charge >= 0.3 is 0 Å². The number of carbonyl (C=O) groups is 1. The summed E-state index contributed by atoms with van der Waals surface area (Å²) in [6.45, 7) is 0.577. The molecule has 1 amide bonds. The molecule has 2 aromatic carbocycles. The third-order valence-electron chi connectivity index (χ3n) is 4.82. The van der Waals surface area contributed by atoms with Crippen LogP contribution in [0.5, 0.6) is 0 Å². The van der Waals surface area contributed by atoms with Gasteiger partial charge < -0.3 is 9.64 Å². The van der Waals surface area contributed by atoms with E-state index in [1.165, 1.54) is 5.56 Å². The second kappa shape index (κ2) is 6.10. The minimum atomic E-state index is -0.150. The molecule has 0 radical (unpaired) electrons. The highest BCUT2D eigenvalue weighted by Crippen LogP contribution is 2.43. The van der Waals surface area contributed by atoms with Gasteiger partial charge in [-0.05, 0) is 29.7 Å². The van der Waals surface area contributed by atoms with Gasteiger partial charge in [-0.15, -0.1) is 0 Å². The van der Waals surface area contributed by atoms with E-state index in [2.05, 4.69) is 52.3 Å². The van der Waals surface area contributed by atoms with Crippen LogP contribution in [0.4, 0.5) is 0 Å². The summed E-state index contributed by atoms with van der Waals surface area (Å²) < 4.78 is 7.15. The monoisotopic (exact) mass is 371 g/mol. The van der Waals surface area contributed by atoms with Gasteiger partial charge in [0.15, 0.2) is 0 Å². The fourth-order valence-corrected chi connectivity index (χ4v) is 3.94. The summed E-state index contributed by atoms with van der Waals surface area (Å²) in [5.41, 5.74) is 2.39. The molecule has 0 bridgehead atoms. The first-order valence-electron chi connectivity index (χ1n) is 7.97. The highest BCUT2D eigenvalue weighted by molar-refractivity contribution is 9.10. The molecule has 0 N–H and O–H groups in total. The number of ether oxygens (including phenoxy) is 1. The number of rotatable bonds is 2. The molecule has 2 saturated heterocycles. The Kier molecular flexibility index (Phi) is 3.95. The highest BCUT2D eigenvalue weighted by Gasteiger charge is 2.46. The van der Waals surface area contributed by atoms with Crippen molar-refractivity contribution in [2.24, 2.45) is 0 Å². The molecule has 2 heterocycles.